The number of ether oxygens (including phenoxy) is 2. The first-order valence-electron chi connectivity index (χ1n) is 5.05. The molecule has 17 heavy (non-hydrogen) atoms. The zero-order valence-corrected chi connectivity index (χ0v) is 9.06. The van der Waals surface area contributed by atoms with E-state index in [-0.39, 0.29) is 13.4 Å². The van der Waals surface area contributed by atoms with Crippen LogP contribution in [0, 0.1) is 23.7 Å². The van der Waals surface area contributed by atoms with Crippen LogP contribution in [-0.2, 0) is 0 Å². The summed E-state index contributed by atoms with van der Waals surface area (Å²) < 4.78 is 10.4. The van der Waals surface area contributed by atoms with Gasteiger partial charge in [0, 0.05) is 5.56 Å². The van der Waals surface area contributed by atoms with Crippen LogP contribution in [0.15, 0.2) is 30.4 Å². The molecule has 1 heterocycles. The third-order valence-corrected chi connectivity index (χ3v) is 2.02. The summed E-state index contributed by atoms with van der Waals surface area (Å²) in [6.45, 7) is 0.128. The largest absolute Gasteiger partial charge is 0.454 e. The zero-order valence-electron chi connectivity index (χ0n) is 9.06. The van der Waals surface area contributed by atoms with Gasteiger partial charge in [-0.3, -0.25) is 0 Å². The molecule has 0 amide bonds. The monoisotopic (exact) mass is 226 g/mol. The molecule has 1 aromatic rings. The highest BCUT2D eigenvalue weighted by atomic mass is 16.7. The molecule has 0 spiro atoms. The van der Waals surface area contributed by atoms with Gasteiger partial charge in [0.2, 0.25) is 6.79 Å². The zero-order chi connectivity index (χ0) is 11.9. The average Bonchev–Trinajstić information content (AvgIpc) is 2.81. The van der Waals surface area contributed by atoms with Gasteiger partial charge in [-0.25, -0.2) is 0 Å². The van der Waals surface area contributed by atoms with E-state index in [4.69, 9.17) is 14.6 Å². The molecule has 0 saturated heterocycles. The molecular formula is C14H10O3. The Morgan fingerprint density at radius 3 is 2.88 bits per heavy atom. The van der Waals surface area contributed by atoms with E-state index < -0.39 is 0 Å². The van der Waals surface area contributed by atoms with Gasteiger partial charge >= 0.3 is 0 Å². The number of rotatable bonds is 0. The van der Waals surface area contributed by atoms with Crippen molar-refractivity contribution in [2.45, 2.75) is 0 Å². The SMILES string of the molecule is OCC#C/C=C\C#Cc1ccc2c(c1)OCO2. The first-order chi connectivity index (χ1) is 8.40. The molecule has 0 unspecified atom stereocenters. The maximum atomic E-state index is 8.42. The van der Waals surface area contributed by atoms with Crippen LogP contribution in [0.1, 0.15) is 5.56 Å². The molecule has 2 rings (SSSR count). The lowest BCUT2D eigenvalue weighted by atomic mass is 10.2. The highest BCUT2D eigenvalue weighted by Gasteiger charge is 2.11. The fourth-order valence-electron chi connectivity index (χ4n) is 1.29. The van der Waals surface area contributed by atoms with Gasteiger partial charge in [0.15, 0.2) is 11.5 Å². The summed E-state index contributed by atoms with van der Waals surface area (Å²) >= 11 is 0. The smallest absolute Gasteiger partial charge is 0.231 e. The first kappa shape index (κ1) is 11.1. The van der Waals surface area contributed by atoms with Crippen LogP contribution in [0.2, 0.25) is 0 Å². The van der Waals surface area contributed by atoms with E-state index in [9.17, 15) is 0 Å². The molecule has 1 aliphatic heterocycles. The number of hydrogen-bond donors (Lipinski definition) is 1. The summed E-state index contributed by atoms with van der Waals surface area (Å²) in [5, 5.41) is 8.42. The Morgan fingerprint density at radius 1 is 1.18 bits per heavy atom. The van der Waals surface area contributed by atoms with Crippen LogP contribution < -0.4 is 9.47 Å². The van der Waals surface area contributed by atoms with Crippen LogP contribution in [0.25, 0.3) is 0 Å². The molecule has 0 saturated carbocycles. The third-order valence-electron chi connectivity index (χ3n) is 2.02. The molecule has 84 valence electrons. The van der Waals surface area contributed by atoms with Crippen molar-refractivity contribution in [2.24, 2.45) is 0 Å². The Kier molecular flexibility index (Phi) is 3.70. The second-order valence-electron chi connectivity index (χ2n) is 3.15. The molecule has 3 nitrogen and oxygen atoms in total. The minimum atomic E-state index is -0.139. The van der Waals surface area contributed by atoms with Gasteiger partial charge in [-0.05, 0) is 30.4 Å². The fraction of sp³-hybridized carbons (Fsp3) is 0.143. The van der Waals surface area contributed by atoms with Crippen LogP contribution in [0.5, 0.6) is 11.5 Å². The van der Waals surface area contributed by atoms with Crippen LogP contribution >= 0.6 is 0 Å². The summed E-state index contributed by atoms with van der Waals surface area (Å²) in [6, 6.07) is 5.54. The summed E-state index contributed by atoms with van der Waals surface area (Å²) in [4.78, 5) is 0. The lowest BCUT2D eigenvalue weighted by Crippen LogP contribution is -1.92. The summed E-state index contributed by atoms with van der Waals surface area (Å²) in [6.07, 6.45) is 3.23. The van der Waals surface area contributed by atoms with E-state index in [1.54, 1.807) is 12.2 Å². The Labute approximate surface area is 99.7 Å². The molecule has 0 fully saturated rings. The van der Waals surface area contributed by atoms with Gasteiger partial charge in [-0.15, -0.1) is 0 Å². The average molecular weight is 226 g/mol. The molecule has 0 atom stereocenters. The standard InChI is InChI=1S/C14H10O3/c15-9-5-3-1-2-4-6-12-7-8-13-14(10-12)17-11-16-13/h1-2,7-8,10,15H,9,11H2/b2-1-. The number of allylic oxidation sites excluding steroid dienone is 2. The fourth-order valence-corrected chi connectivity index (χ4v) is 1.29. The highest BCUT2D eigenvalue weighted by Crippen LogP contribution is 2.32. The van der Waals surface area contributed by atoms with Gasteiger partial charge in [0.25, 0.3) is 0 Å². The van der Waals surface area contributed by atoms with Gasteiger partial charge < -0.3 is 14.6 Å². The molecule has 3 heteroatoms. The lowest BCUT2D eigenvalue weighted by molar-refractivity contribution is 0.174. The molecule has 0 radical (unpaired) electrons. The second kappa shape index (κ2) is 5.65. The minimum Gasteiger partial charge on any atom is -0.454 e. The third kappa shape index (κ3) is 3.04. The molecule has 0 bridgehead atoms. The van der Waals surface area contributed by atoms with E-state index in [1.807, 2.05) is 18.2 Å². The van der Waals surface area contributed by atoms with E-state index in [2.05, 4.69) is 23.7 Å². The first-order valence-corrected chi connectivity index (χ1v) is 5.05. The van der Waals surface area contributed by atoms with Crippen LogP contribution in [0.3, 0.4) is 0 Å². The maximum Gasteiger partial charge on any atom is 0.231 e. The van der Waals surface area contributed by atoms with E-state index in [0.717, 1.165) is 17.1 Å². The highest BCUT2D eigenvalue weighted by molar-refractivity contribution is 5.50. The Hall–Kier alpha value is -2.36. The Morgan fingerprint density at radius 2 is 2.00 bits per heavy atom. The van der Waals surface area contributed by atoms with Crippen molar-refractivity contribution in [3.05, 3.63) is 35.9 Å². The number of aliphatic hydroxyl groups is 1. The number of benzene rings is 1. The molecule has 0 aromatic heterocycles. The number of fused-ring (bicyclic) bond motifs is 1. The molecule has 1 aliphatic rings. The predicted molar refractivity (Wildman–Crippen MR) is 63.4 cm³/mol. The quantitative estimate of drug-likeness (QED) is 0.678. The second-order valence-corrected chi connectivity index (χ2v) is 3.15. The van der Waals surface area contributed by atoms with Gasteiger partial charge in [-0.1, -0.05) is 23.7 Å². The van der Waals surface area contributed by atoms with Crippen molar-refractivity contribution in [2.75, 3.05) is 13.4 Å². The van der Waals surface area contributed by atoms with Gasteiger partial charge in [0.1, 0.15) is 6.61 Å². The van der Waals surface area contributed by atoms with Gasteiger partial charge in [0.05, 0.1) is 0 Å². The van der Waals surface area contributed by atoms with Crippen LogP contribution in [0.4, 0.5) is 0 Å². The predicted octanol–water partition coefficient (Wildman–Crippen LogP) is 1.32. The van der Waals surface area contributed by atoms with Crippen molar-refractivity contribution in [3.8, 4) is 35.2 Å². The van der Waals surface area contributed by atoms with E-state index in [1.165, 1.54) is 0 Å². The summed E-state index contributed by atoms with van der Waals surface area (Å²) in [5.41, 5.74) is 0.856. The van der Waals surface area contributed by atoms with Crippen molar-refractivity contribution in [1.82, 2.24) is 0 Å². The van der Waals surface area contributed by atoms with Gasteiger partial charge in [-0.2, -0.15) is 0 Å². The Balaban J connectivity index is 2.04. The van der Waals surface area contributed by atoms with Crippen LogP contribution in [-0.4, -0.2) is 18.5 Å². The molecule has 1 aromatic carbocycles. The Bertz CT molecular complexity index is 550. The summed E-state index contributed by atoms with van der Waals surface area (Å²) in [5.74, 6) is 12.4. The summed E-state index contributed by atoms with van der Waals surface area (Å²) in [7, 11) is 0. The molecule has 1 N–H and O–H groups in total. The molecule has 0 aliphatic carbocycles. The van der Waals surface area contributed by atoms with E-state index >= 15 is 0 Å². The van der Waals surface area contributed by atoms with Crippen molar-refractivity contribution < 1.29 is 14.6 Å². The number of hydrogen-bond acceptors (Lipinski definition) is 3. The lowest BCUT2D eigenvalue weighted by Gasteiger charge is -1.94. The minimum absolute atomic E-state index is 0.139. The maximum absolute atomic E-state index is 8.42. The molecular weight excluding hydrogens is 216 g/mol. The van der Waals surface area contributed by atoms with Crippen molar-refractivity contribution >= 4 is 0 Å². The van der Waals surface area contributed by atoms with E-state index in [0.29, 0.717) is 0 Å². The normalized spacial score (nSPS) is 11.6. The van der Waals surface area contributed by atoms with Crippen molar-refractivity contribution in [3.63, 3.8) is 0 Å². The number of aliphatic hydroxyl groups excluding tert-OH is 1. The topological polar surface area (TPSA) is 38.7 Å². The van der Waals surface area contributed by atoms with Crippen molar-refractivity contribution in [1.29, 1.82) is 0 Å².